The minimum atomic E-state index is -1.35. The molecule has 2 aliphatic heterocycles. The van der Waals surface area contributed by atoms with Crippen LogP contribution in [-0.2, 0) is 0 Å². The standard InChI is InChI=1S/C20H17BrN4O3/c1-24-19(27)23-16-15-14(10-20(16,24)28)25-13(18(26)22-15)9-12(17(25)21)8-7-11-5-3-2-4-6-11/h2-6,9,14-16,28H,10H2,1H3,(H,22,26)(H,23,27)/t14-,15-,16+,20+/m1/s1. The van der Waals surface area contributed by atoms with Gasteiger partial charge in [-0.3, -0.25) is 9.69 Å². The van der Waals surface area contributed by atoms with E-state index < -0.39 is 17.8 Å². The molecule has 28 heavy (non-hydrogen) atoms. The van der Waals surface area contributed by atoms with Crippen LogP contribution >= 0.6 is 15.9 Å². The molecule has 5 rings (SSSR count). The van der Waals surface area contributed by atoms with E-state index in [0.717, 1.165) is 5.56 Å². The lowest BCUT2D eigenvalue weighted by molar-refractivity contribution is -0.0561. The molecule has 2 fully saturated rings. The molecular weight excluding hydrogens is 424 g/mol. The first-order valence-electron chi connectivity index (χ1n) is 8.95. The molecule has 7 nitrogen and oxygen atoms in total. The summed E-state index contributed by atoms with van der Waals surface area (Å²) in [4.78, 5) is 26.0. The fraction of sp³-hybridized carbons (Fsp3) is 0.300. The van der Waals surface area contributed by atoms with Gasteiger partial charge in [0.05, 0.1) is 17.6 Å². The van der Waals surface area contributed by atoms with Crippen LogP contribution in [0.3, 0.4) is 0 Å². The number of aromatic nitrogens is 1. The Balaban J connectivity index is 1.56. The van der Waals surface area contributed by atoms with E-state index in [4.69, 9.17) is 0 Å². The Labute approximate surface area is 169 Å². The van der Waals surface area contributed by atoms with Crippen LogP contribution in [-0.4, -0.2) is 51.4 Å². The second-order valence-corrected chi connectivity index (χ2v) is 8.11. The maximum absolute atomic E-state index is 12.7. The molecule has 3 heterocycles. The maximum Gasteiger partial charge on any atom is 0.319 e. The van der Waals surface area contributed by atoms with Gasteiger partial charge in [0.25, 0.3) is 5.91 Å². The molecule has 3 aliphatic rings. The Morgan fingerprint density at radius 1 is 1.21 bits per heavy atom. The van der Waals surface area contributed by atoms with Crippen molar-refractivity contribution in [3.8, 4) is 11.8 Å². The van der Waals surface area contributed by atoms with Gasteiger partial charge in [-0.15, -0.1) is 0 Å². The molecule has 142 valence electrons. The smallest absolute Gasteiger partial charge is 0.319 e. The van der Waals surface area contributed by atoms with Gasteiger partial charge >= 0.3 is 6.03 Å². The summed E-state index contributed by atoms with van der Waals surface area (Å²) in [5.41, 5.74) is 0.732. The van der Waals surface area contributed by atoms with Crippen molar-refractivity contribution < 1.29 is 14.7 Å². The quantitative estimate of drug-likeness (QED) is 0.541. The Hall–Kier alpha value is -2.76. The Morgan fingerprint density at radius 3 is 2.71 bits per heavy atom. The third kappa shape index (κ3) is 2.26. The van der Waals surface area contributed by atoms with E-state index in [2.05, 4.69) is 38.4 Å². The third-order valence-corrected chi connectivity index (χ3v) is 6.71. The van der Waals surface area contributed by atoms with Gasteiger partial charge in [0.2, 0.25) is 0 Å². The summed E-state index contributed by atoms with van der Waals surface area (Å²) in [6.07, 6.45) is 0.309. The highest BCUT2D eigenvalue weighted by atomic mass is 79.9. The molecule has 1 saturated heterocycles. The lowest BCUT2D eigenvalue weighted by Gasteiger charge is -2.32. The number of rotatable bonds is 0. The number of hydrogen-bond donors (Lipinski definition) is 3. The summed E-state index contributed by atoms with van der Waals surface area (Å²) < 4.78 is 2.59. The first kappa shape index (κ1) is 17.3. The predicted molar refractivity (Wildman–Crippen MR) is 104 cm³/mol. The lowest BCUT2D eigenvalue weighted by Crippen LogP contribution is -2.56. The average molecular weight is 441 g/mol. The number of carbonyl (C=O) groups is 2. The molecule has 8 heteroatoms. The number of likely N-dealkylation sites (N-methyl/N-ethyl adjacent to an activating group) is 1. The molecule has 0 spiro atoms. The number of benzene rings is 1. The molecule has 1 aromatic heterocycles. The summed E-state index contributed by atoms with van der Waals surface area (Å²) in [7, 11) is 1.57. The van der Waals surface area contributed by atoms with Gasteiger partial charge in [-0.1, -0.05) is 30.0 Å². The third-order valence-electron chi connectivity index (χ3n) is 5.90. The SMILES string of the molecule is CN1C(=O)N[C@H]2[C@@H]3NC(=O)c4cc(C#Cc5ccccc5)c(Br)n4[C@@H]3C[C@]21O. The first-order valence-corrected chi connectivity index (χ1v) is 9.75. The molecule has 4 atom stereocenters. The van der Waals surface area contributed by atoms with Crippen molar-refractivity contribution in [2.45, 2.75) is 30.3 Å². The van der Waals surface area contributed by atoms with E-state index in [1.807, 2.05) is 34.9 Å². The summed E-state index contributed by atoms with van der Waals surface area (Å²) >= 11 is 3.60. The van der Waals surface area contributed by atoms with E-state index in [1.54, 1.807) is 13.1 Å². The van der Waals surface area contributed by atoms with Crippen LogP contribution in [0.25, 0.3) is 0 Å². The number of carbonyl (C=O) groups excluding carboxylic acids is 2. The number of halogens is 1. The minimum absolute atomic E-state index is 0.201. The molecule has 0 unspecified atom stereocenters. The second kappa shape index (κ2) is 5.87. The normalized spacial score (nSPS) is 30.0. The maximum atomic E-state index is 12.7. The van der Waals surface area contributed by atoms with Crippen molar-refractivity contribution in [1.29, 1.82) is 0 Å². The Morgan fingerprint density at radius 2 is 1.96 bits per heavy atom. The number of urea groups is 1. The van der Waals surface area contributed by atoms with Crippen molar-refractivity contribution in [3.05, 3.63) is 57.8 Å². The zero-order chi connectivity index (χ0) is 19.6. The van der Waals surface area contributed by atoms with Gasteiger partial charge in [-0.25, -0.2) is 4.79 Å². The number of hydrogen-bond acceptors (Lipinski definition) is 3. The van der Waals surface area contributed by atoms with E-state index in [1.165, 1.54) is 4.90 Å². The minimum Gasteiger partial charge on any atom is -0.368 e. The highest BCUT2D eigenvalue weighted by molar-refractivity contribution is 9.10. The van der Waals surface area contributed by atoms with Crippen LogP contribution in [0, 0.1) is 11.8 Å². The fourth-order valence-electron chi connectivity index (χ4n) is 4.43. The van der Waals surface area contributed by atoms with Crippen molar-refractivity contribution in [1.82, 2.24) is 20.1 Å². The van der Waals surface area contributed by atoms with Crippen LogP contribution < -0.4 is 10.6 Å². The second-order valence-electron chi connectivity index (χ2n) is 7.36. The average Bonchev–Trinajstić information content (AvgIpc) is 3.24. The molecule has 1 aliphatic carbocycles. The predicted octanol–water partition coefficient (Wildman–Crippen LogP) is 1.42. The van der Waals surface area contributed by atoms with E-state index in [9.17, 15) is 14.7 Å². The van der Waals surface area contributed by atoms with Crippen molar-refractivity contribution in [2.24, 2.45) is 0 Å². The van der Waals surface area contributed by atoms with Crippen LogP contribution in [0.15, 0.2) is 41.0 Å². The van der Waals surface area contributed by atoms with E-state index in [0.29, 0.717) is 22.3 Å². The van der Waals surface area contributed by atoms with Gasteiger partial charge in [0, 0.05) is 19.0 Å². The Kier molecular flexibility index (Phi) is 3.63. The zero-order valence-corrected chi connectivity index (χ0v) is 16.5. The van der Waals surface area contributed by atoms with Crippen LogP contribution in [0.1, 0.15) is 34.1 Å². The fourth-order valence-corrected chi connectivity index (χ4v) is 5.10. The van der Waals surface area contributed by atoms with Crippen LogP contribution in [0.2, 0.25) is 0 Å². The number of nitrogens with zero attached hydrogens (tertiary/aromatic N) is 2. The monoisotopic (exact) mass is 440 g/mol. The Bertz CT molecular complexity index is 1070. The summed E-state index contributed by atoms with van der Waals surface area (Å²) in [5, 5.41) is 16.8. The largest absolute Gasteiger partial charge is 0.368 e. The molecule has 2 aromatic rings. The molecule has 0 bridgehead atoms. The van der Waals surface area contributed by atoms with E-state index >= 15 is 0 Å². The van der Waals surface area contributed by atoms with Crippen molar-refractivity contribution >= 4 is 27.9 Å². The molecule has 3 N–H and O–H groups in total. The highest BCUT2D eigenvalue weighted by Gasteiger charge is 2.63. The van der Waals surface area contributed by atoms with Gasteiger partial charge in [0.1, 0.15) is 16.3 Å². The summed E-state index contributed by atoms with van der Waals surface area (Å²) in [6, 6.07) is 9.86. The van der Waals surface area contributed by atoms with Crippen LogP contribution in [0.4, 0.5) is 4.79 Å². The van der Waals surface area contributed by atoms with Gasteiger partial charge in [0.15, 0.2) is 5.72 Å². The van der Waals surface area contributed by atoms with Crippen molar-refractivity contribution in [3.63, 3.8) is 0 Å². The molecule has 3 amide bonds. The zero-order valence-electron chi connectivity index (χ0n) is 14.9. The molecular formula is C20H17BrN4O3. The number of nitrogens with one attached hydrogen (secondary N) is 2. The topological polar surface area (TPSA) is 86.6 Å². The van der Waals surface area contributed by atoms with Gasteiger partial charge in [-0.2, -0.15) is 0 Å². The lowest BCUT2D eigenvalue weighted by atomic mass is 10.1. The van der Waals surface area contributed by atoms with Crippen LogP contribution in [0.5, 0.6) is 0 Å². The highest BCUT2D eigenvalue weighted by Crippen LogP contribution is 2.46. The number of fused-ring (bicyclic) bond motifs is 5. The molecule has 1 aromatic carbocycles. The van der Waals surface area contributed by atoms with Crippen molar-refractivity contribution in [2.75, 3.05) is 7.05 Å². The van der Waals surface area contributed by atoms with E-state index in [-0.39, 0.29) is 18.0 Å². The number of aliphatic hydroxyl groups is 1. The van der Waals surface area contributed by atoms with Gasteiger partial charge < -0.3 is 20.3 Å². The molecule has 0 radical (unpaired) electrons. The number of amides is 3. The summed E-state index contributed by atoms with van der Waals surface area (Å²) in [5.74, 6) is 5.98. The van der Waals surface area contributed by atoms with Gasteiger partial charge in [-0.05, 0) is 34.1 Å². The summed E-state index contributed by atoms with van der Waals surface area (Å²) in [6.45, 7) is 0. The molecule has 1 saturated carbocycles. The first-order chi connectivity index (χ1) is 13.4.